The third-order valence-corrected chi connectivity index (χ3v) is 3.34. The summed E-state index contributed by atoms with van der Waals surface area (Å²) in [4.78, 5) is 9.85. The first kappa shape index (κ1) is 33.2. The van der Waals surface area contributed by atoms with Gasteiger partial charge in [-0.2, -0.15) is 0 Å². The Labute approximate surface area is 171 Å². The van der Waals surface area contributed by atoms with Gasteiger partial charge in [0.15, 0.2) is 0 Å². The van der Waals surface area contributed by atoms with Crippen molar-refractivity contribution in [3.63, 3.8) is 0 Å². The maximum atomic E-state index is 10.3. The molecule has 0 saturated heterocycles. The first-order chi connectivity index (χ1) is 12.4. The van der Waals surface area contributed by atoms with Crippen LogP contribution in [0.1, 0.15) is 102 Å². The largest absolute Gasteiger partial charge is 0.271 e. The highest BCUT2D eigenvalue weighted by molar-refractivity contribution is 5.23. The zero-order valence-electron chi connectivity index (χ0n) is 20.3. The van der Waals surface area contributed by atoms with Crippen LogP contribution in [-0.4, -0.2) is 4.92 Å². The Morgan fingerprint density at radius 3 is 1.56 bits per heavy atom. The van der Waals surface area contributed by atoms with Gasteiger partial charge in [0.2, 0.25) is 0 Å². The molecule has 0 aliphatic rings. The summed E-state index contributed by atoms with van der Waals surface area (Å²) in [5, 5.41) is 10.3. The van der Waals surface area contributed by atoms with E-state index in [1.807, 2.05) is 0 Å². The van der Waals surface area contributed by atoms with Crippen molar-refractivity contribution in [1.82, 2.24) is 0 Å². The predicted octanol–water partition coefficient (Wildman–Crippen LogP) is 8.85. The minimum Gasteiger partial charge on any atom is -0.258 e. The predicted molar refractivity (Wildman–Crippen MR) is 125 cm³/mol. The normalized spacial score (nSPS) is 10.7. The van der Waals surface area contributed by atoms with E-state index < -0.39 is 4.92 Å². The summed E-state index contributed by atoms with van der Waals surface area (Å²) >= 11 is 0. The molecule has 0 aromatic rings. The van der Waals surface area contributed by atoms with Gasteiger partial charge in [-0.25, -0.2) is 0 Å². The number of rotatable bonds is 7. The topological polar surface area (TPSA) is 43.1 Å². The Hall–Kier alpha value is -1.38. The van der Waals surface area contributed by atoms with Crippen molar-refractivity contribution in [1.29, 1.82) is 0 Å². The second-order valence-corrected chi connectivity index (χ2v) is 7.95. The molecule has 27 heavy (non-hydrogen) atoms. The van der Waals surface area contributed by atoms with Crippen LogP contribution in [0.3, 0.4) is 0 Å². The van der Waals surface area contributed by atoms with Crippen LogP contribution in [0.5, 0.6) is 0 Å². The molecule has 0 unspecified atom stereocenters. The number of allylic oxidation sites excluding steroid dienone is 4. The minimum absolute atomic E-state index is 0.0584. The van der Waals surface area contributed by atoms with E-state index in [1.165, 1.54) is 31.8 Å². The quantitative estimate of drug-likeness (QED) is 0.250. The standard InChI is InChI=1S/C8H11NO2.2C6H14.C4H10/c1-4-5-6-8(7(2)3)9(10)11;1-4-5-6(2)3;1-4-6(3)5-2;1-4(2)3/h4-6H,2H2,1,3H3;2*6H,4-5H2,1-3H3;4H,1-3H3/b5-4-,8-6+;;;. The molecule has 3 heteroatoms. The van der Waals surface area contributed by atoms with Crippen molar-refractivity contribution in [2.24, 2.45) is 17.8 Å². The summed E-state index contributed by atoms with van der Waals surface area (Å²) in [6.07, 6.45) is 10.1. The average molecular weight is 384 g/mol. The van der Waals surface area contributed by atoms with Crippen LogP contribution in [0.4, 0.5) is 0 Å². The van der Waals surface area contributed by atoms with Crippen molar-refractivity contribution in [2.45, 2.75) is 102 Å². The van der Waals surface area contributed by atoms with Gasteiger partial charge in [-0.3, -0.25) is 10.1 Å². The molecule has 0 amide bonds. The zero-order valence-corrected chi connectivity index (χ0v) is 20.3. The lowest BCUT2D eigenvalue weighted by Crippen LogP contribution is -1.98. The molecule has 0 spiro atoms. The van der Waals surface area contributed by atoms with Gasteiger partial charge in [0.1, 0.15) is 0 Å². The maximum Gasteiger partial charge on any atom is 0.271 e. The number of hydrogen-bond acceptors (Lipinski definition) is 2. The van der Waals surface area contributed by atoms with Crippen molar-refractivity contribution in [3.8, 4) is 0 Å². The fourth-order valence-corrected chi connectivity index (χ4v) is 1.41. The molecule has 0 rings (SSSR count). The first-order valence-electron chi connectivity index (χ1n) is 10.5. The molecule has 0 aliphatic carbocycles. The van der Waals surface area contributed by atoms with Crippen molar-refractivity contribution < 1.29 is 4.92 Å². The Morgan fingerprint density at radius 2 is 1.44 bits per heavy atom. The van der Waals surface area contributed by atoms with Crippen LogP contribution < -0.4 is 0 Å². The molecule has 0 aliphatic heterocycles. The molecule has 0 aromatic carbocycles. The summed E-state index contributed by atoms with van der Waals surface area (Å²) < 4.78 is 0. The number of nitro groups is 1. The van der Waals surface area contributed by atoms with E-state index in [9.17, 15) is 10.1 Å². The Balaban J connectivity index is -0.000000142. The maximum absolute atomic E-state index is 10.3. The van der Waals surface area contributed by atoms with E-state index in [1.54, 1.807) is 26.0 Å². The molecule has 0 N–H and O–H groups in total. The fourth-order valence-electron chi connectivity index (χ4n) is 1.41. The van der Waals surface area contributed by atoms with E-state index in [0.717, 1.165) is 17.8 Å². The zero-order chi connectivity index (χ0) is 22.4. The molecular formula is C24H49NO2. The van der Waals surface area contributed by atoms with Gasteiger partial charge < -0.3 is 0 Å². The van der Waals surface area contributed by atoms with Crippen LogP contribution in [0.25, 0.3) is 0 Å². The van der Waals surface area contributed by atoms with E-state index in [2.05, 4.69) is 68.9 Å². The molecule has 162 valence electrons. The Kier molecular flexibility index (Phi) is 30.3. The molecule has 3 nitrogen and oxygen atoms in total. The third-order valence-electron chi connectivity index (χ3n) is 3.34. The Morgan fingerprint density at radius 1 is 1.04 bits per heavy atom. The summed E-state index contributed by atoms with van der Waals surface area (Å²) in [5.74, 6) is 2.67. The van der Waals surface area contributed by atoms with E-state index in [4.69, 9.17) is 0 Å². The van der Waals surface area contributed by atoms with Crippen LogP contribution in [0, 0.1) is 27.9 Å². The second kappa shape index (κ2) is 24.6. The van der Waals surface area contributed by atoms with Gasteiger partial charge in [0, 0.05) is 11.6 Å². The van der Waals surface area contributed by atoms with Crippen molar-refractivity contribution >= 4 is 0 Å². The van der Waals surface area contributed by atoms with E-state index >= 15 is 0 Å². The van der Waals surface area contributed by atoms with E-state index in [-0.39, 0.29) is 5.70 Å². The summed E-state index contributed by atoms with van der Waals surface area (Å²) in [6.45, 7) is 26.9. The molecule has 0 saturated carbocycles. The van der Waals surface area contributed by atoms with Crippen LogP contribution in [0.2, 0.25) is 0 Å². The van der Waals surface area contributed by atoms with Crippen LogP contribution in [0.15, 0.2) is 36.1 Å². The van der Waals surface area contributed by atoms with Gasteiger partial charge in [0.05, 0.1) is 4.92 Å². The fraction of sp³-hybridized carbons (Fsp3) is 0.750. The molecular weight excluding hydrogens is 334 g/mol. The number of nitrogens with zero attached hydrogens (tertiary/aromatic N) is 1. The lowest BCUT2D eigenvalue weighted by Gasteiger charge is -1.98. The molecule has 0 aromatic heterocycles. The van der Waals surface area contributed by atoms with Gasteiger partial charge in [-0.1, -0.05) is 107 Å². The average Bonchev–Trinajstić information content (AvgIpc) is 2.54. The van der Waals surface area contributed by atoms with Crippen molar-refractivity contribution in [2.75, 3.05) is 0 Å². The molecule has 0 bridgehead atoms. The molecule has 0 fully saturated rings. The monoisotopic (exact) mass is 383 g/mol. The molecule has 0 atom stereocenters. The van der Waals surface area contributed by atoms with Crippen LogP contribution >= 0.6 is 0 Å². The lowest BCUT2D eigenvalue weighted by molar-refractivity contribution is -0.420. The van der Waals surface area contributed by atoms with Crippen molar-refractivity contribution in [3.05, 3.63) is 46.2 Å². The van der Waals surface area contributed by atoms with Crippen LogP contribution in [-0.2, 0) is 0 Å². The summed E-state index contributed by atoms with van der Waals surface area (Å²) in [7, 11) is 0. The SMILES string of the molecule is C=C(C)/C(=C\C=C/C)[N+](=O)[O-].CC(C)C.CCC(C)CC.CCCC(C)C. The molecule has 0 radical (unpaired) electrons. The second-order valence-electron chi connectivity index (χ2n) is 7.95. The first-order valence-corrected chi connectivity index (χ1v) is 10.5. The van der Waals surface area contributed by atoms with Gasteiger partial charge in [0.25, 0.3) is 5.70 Å². The summed E-state index contributed by atoms with van der Waals surface area (Å²) in [6, 6.07) is 0. The van der Waals surface area contributed by atoms with Gasteiger partial charge in [-0.05, 0) is 31.6 Å². The third kappa shape index (κ3) is 40.6. The molecule has 0 heterocycles. The smallest absolute Gasteiger partial charge is 0.258 e. The minimum atomic E-state index is -0.442. The van der Waals surface area contributed by atoms with Gasteiger partial charge >= 0.3 is 0 Å². The highest BCUT2D eigenvalue weighted by Gasteiger charge is 2.08. The Bertz CT molecular complexity index is 370. The van der Waals surface area contributed by atoms with Gasteiger partial charge in [-0.15, -0.1) is 0 Å². The number of hydrogen-bond donors (Lipinski definition) is 0. The lowest BCUT2D eigenvalue weighted by atomic mass is 10.1. The highest BCUT2D eigenvalue weighted by atomic mass is 16.6. The highest BCUT2D eigenvalue weighted by Crippen LogP contribution is 2.06. The van der Waals surface area contributed by atoms with E-state index in [0.29, 0.717) is 5.57 Å². The summed E-state index contributed by atoms with van der Waals surface area (Å²) in [5.41, 5.74) is 0.524.